The summed E-state index contributed by atoms with van der Waals surface area (Å²) in [5, 5.41) is 9.15. The third kappa shape index (κ3) is 3.66. The molecule has 2 aromatic carbocycles. The van der Waals surface area contributed by atoms with E-state index in [0.717, 1.165) is 23.2 Å². The zero-order chi connectivity index (χ0) is 19.8. The monoisotopic (exact) mass is 392 g/mol. The van der Waals surface area contributed by atoms with E-state index in [-0.39, 0.29) is 21.8 Å². The molecule has 140 valence electrons. The van der Waals surface area contributed by atoms with Gasteiger partial charge in [-0.3, -0.25) is 0 Å². The summed E-state index contributed by atoms with van der Waals surface area (Å²) in [7, 11) is 0. The van der Waals surface area contributed by atoms with Gasteiger partial charge >= 0.3 is 12.1 Å². The first-order valence-electron chi connectivity index (χ1n) is 8.01. The van der Waals surface area contributed by atoms with Crippen molar-refractivity contribution in [1.29, 1.82) is 0 Å². The van der Waals surface area contributed by atoms with Crippen LogP contribution in [-0.4, -0.2) is 15.4 Å². The predicted molar refractivity (Wildman–Crippen MR) is 98.7 cm³/mol. The van der Waals surface area contributed by atoms with Crippen LogP contribution in [0.4, 0.5) is 18.9 Å². The van der Waals surface area contributed by atoms with Crippen LogP contribution in [0.2, 0.25) is 0 Å². The van der Waals surface area contributed by atoms with Gasteiger partial charge < -0.3 is 10.8 Å². The molecule has 8 heteroatoms. The Morgan fingerprint density at radius 2 is 1.85 bits per heavy atom. The molecule has 0 amide bonds. The van der Waals surface area contributed by atoms with Crippen molar-refractivity contribution in [3.05, 3.63) is 58.5 Å². The normalized spacial score (nSPS) is 11.6. The van der Waals surface area contributed by atoms with Crippen LogP contribution < -0.4 is 5.73 Å². The third-order valence-electron chi connectivity index (χ3n) is 4.14. The van der Waals surface area contributed by atoms with E-state index in [1.54, 1.807) is 24.3 Å². The molecular formula is C19H15F3N2O2S. The number of nitrogen functional groups attached to an aromatic ring is 1. The van der Waals surface area contributed by atoms with Gasteiger partial charge in [-0.15, -0.1) is 0 Å². The van der Waals surface area contributed by atoms with Crippen molar-refractivity contribution >= 4 is 23.2 Å². The zero-order valence-electron chi connectivity index (χ0n) is 14.2. The molecular weight excluding hydrogens is 377 g/mol. The van der Waals surface area contributed by atoms with Gasteiger partial charge in [-0.05, 0) is 52.8 Å². The Balaban J connectivity index is 2.21. The lowest BCUT2D eigenvalue weighted by Crippen LogP contribution is -2.07. The van der Waals surface area contributed by atoms with Gasteiger partial charge in [0, 0.05) is 5.56 Å². The first-order chi connectivity index (χ1) is 12.7. The largest absolute Gasteiger partial charge is 0.477 e. The van der Waals surface area contributed by atoms with Gasteiger partial charge in [-0.2, -0.15) is 17.5 Å². The van der Waals surface area contributed by atoms with Gasteiger partial charge in [0.2, 0.25) is 0 Å². The summed E-state index contributed by atoms with van der Waals surface area (Å²) >= 11 is 0.747. The molecule has 3 rings (SSSR count). The maximum absolute atomic E-state index is 13.4. The van der Waals surface area contributed by atoms with Gasteiger partial charge in [-0.25, -0.2) is 4.79 Å². The fourth-order valence-electron chi connectivity index (χ4n) is 2.83. The van der Waals surface area contributed by atoms with Gasteiger partial charge in [0.25, 0.3) is 0 Å². The van der Waals surface area contributed by atoms with Gasteiger partial charge in [0.1, 0.15) is 5.69 Å². The zero-order valence-corrected chi connectivity index (χ0v) is 15.0. The first-order valence-corrected chi connectivity index (χ1v) is 8.79. The summed E-state index contributed by atoms with van der Waals surface area (Å²) in [4.78, 5) is 11.1. The fourth-order valence-corrected chi connectivity index (χ4v) is 3.49. The van der Waals surface area contributed by atoms with Crippen LogP contribution in [0.15, 0.2) is 42.5 Å². The van der Waals surface area contributed by atoms with Crippen molar-refractivity contribution in [2.75, 3.05) is 5.73 Å². The van der Waals surface area contributed by atoms with Crippen molar-refractivity contribution in [2.45, 2.75) is 19.5 Å². The number of alkyl halides is 3. The summed E-state index contributed by atoms with van der Waals surface area (Å²) < 4.78 is 44.3. The summed E-state index contributed by atoms with van der Waals surface area (Å²) in [6.45, 7) is 1.88. The first kappa shape index (κ1) is 18.9. The third-order valence-corrected chi connectivity index (χ3v) is 4.99. The molecule has 0 spiro atoms. The van der Waals surface area contributed by atoms with Crippen LogP contribution in [0.25, 0.3) is 22.4 Å². The highest BCUT2D eigenvalue weighted by atomic mass is 32.1. The highest BCUT2D eigenvalue weighted by Gasteiger charge is 2.33. The summed E-state index contributed by atoms with van der Waals surface area (Å²) in [6.07, 6.45) is -3.90. The van der Waals surface area contributed by atoms with E-state index in [4.69, 9.17) is 10.8 Å². The molecule has 4 nitrogen and oxygen atoms in total. The number of halogens is 3. The fraction of sp³-hybridized carbons (Fsp3) is 0.158. The smallest absolute Gasteiger partial charge is 0.417 e. The molecule has 0 radical (unpaired) electrons. The summed E-state index contributed by atoms with van der Waals surface area (Å²) in [5.41, 5.74) is 7.15. The number of rotatable bonds is 4. The van der Waals surface area contributed by atoms with E-state index >= 15 is 0 Å². The molecule has 3 aromatic rings. The topological polar surface area (TPSA) is 76.2 Å². The number of hydrogen-bond acceptors (Lipinski definition) is 4. The number of nitrogens with zero attached hydrogens (tertiary/aromatic N) is 1. The molecule has 0 fully saturated rings. The number of aromatic carboxylic acids is 1. The van der Waals surface area contributed by atoms with Gasteiger partial charge in [0.05, 0.1) is 11.3 Å². The second kappa shape index (κ2) is 7.03. The van der Waals surface area contributed by atoms with Crippen molar-refractivity contribution < 1.29 is 23.1 Å². The summed E-state index contributed by atoms with van der Waals surface area (Å²) in [5.74, 6) is -1.19. The molecule has 0 aliphatic carbocycles. The van der Waals surface area contributed by atoms with Crippen molar-refractivity contribution in [2.24, 2.45) is 0 Å². The molecule has 3 N–H and O–H groups in total. The lowest BCUT2D eigenvalue weighted by Gasteiger charge is -2.15. The number of carbonyl (C=O) groups is 1. The quantitative estimate of drug-likeness (QED) is 0.628. The van der Waals surface area contributed by atoms with Gasteiger partial charge in [-0.1, -0.05) is 31.2 Å². The molecule has 0 saturated heterocycles. The Labute approximate surface area is 157 Å². The lowest BCUT2D eigenvalue weighted by atomic mass is 9.94. The minimum Gasteiger partial charge on any atom is -0.477 e. The minimum absolute atomic E-state index is 0.0100. The molecule has 0 bridgehead atoms. The molecule has 0 unspecified atom stereocenters. The SMILES string of the molecule is CCc1cc(-c2ccccc2C(F)(F)F)cc(-c2nsc(C(=O)O)c2N)c1. The van der Waals surface area contributed by atoms with Crippen LogP contribution in [0.5, 0.6) is 0 Å². The minimum atomic E-state index is -4.49. The number of aromatic nitrogens is 1. The molecule has 1 heterocycles. The van der Waals surface area contributed by atoms with Crippen LogP contribution in [-0.2, 0) is 12.6 Å². The number of hydrogen-bond donors (Lipinski definition) is 2. The maximum Gasteiger partial charge on any atom is 0.417 e. The van der Waals surface area contributed by atoms with Crippen molar-refractivity contribution in [3.63, 3.8) is 0 Å². The summed E-state index contributed by atoms with van der Waals surface area (Å²) in [6, 6.07) is 10.3. The lowest BCUT2D eigenvalue weighted by molar-refractivity contribution is -0.137. The van der Waals surface area contributed by atoms with E-state index < -0.39 is 17.7 Å². The standard InChI is InChI=1S/C19H15F3N2O2S/c1-2-10-7-11(13-5-3-4-6-14(13)19(20,21)22)9-12(8-10)16-15(23)17(18(25)26)27-24-16/h3-9H,2,23H2,1H3,(H,25,26). The molecule has 27 heavy (non-hydrogen) atoms. The second-order valence-electron chi connectivity index (χ2n) is 5.89. The van der Waals surface area contributed by atoms with Crippen LogP contribution in [0.1, 0.15) is 27.7 Å². The molecule has 0 atom stereocenters. The number of nitrogens with two attached hydrogens (primary N) is 1. The Kier molecular flexibility index (Phi) is 4.93. The van der Waals surface area contributed by atoms with Crippen molar-refractivity contribution in [1.82, 2.24) is 4.37 Å². The average molecular weight is 392 g/mol. The number of aryl methyl sites for hydroxylation is 1. The molecule has 0 aliphatic rings. The van der Waals surface area contributed by atoms with E-state index in [0.29, 0.717) is 17.5 Å². The number of benzene rings is 2. The average Bonchev–Trinajstić information content (AvgIpc) is 3.02. The molecule has 0 aliphatic heterocycles. The Morgan fingerprint density at radius 3 is 2.44 bits per heavy atom. The Morgan fingerprint density at radius 1 is 1.19 bits per heavy atom. The maximum atomic E-state index is 13.4. The Hall–Kier alpha value is -2.87. The van der Waals surface area contributed by atoms with Crippen LogP contribution in [0.3, 0.4) is 0 Å². The highest BCUT2D eigenvalue weighted by molar-refractivity contribution is 7.09. The van der Waals surface area contributed by atoms with Crippen LogP contribution >= 0.6 is 11.5 Å². The number of carboxylic acids is 1. The molecule has 0 saturated carbocycles. The predicted octanol–water partition coefficient (Wildman–Crippen LogP) is 5.34. The number of carboxylic acid groups (broad SMARTS) is 1. The highest BCUT2D eigenvalue weighted by Crippen LogP contribution is 2.39. The van der Waals surface area contributed by atoms with Crippen LogP contribution in [0, 0.1) is 0 Å². The van der Waals surface area contributed by atoms with Crippen molar-refractivity contribution in [3.8, 4) is 22.4 Å². The van der Waals surface area contributed by atoms with E-state index in [9.17, 15) is 18.0 Å². The Bertz CT molecular complexity index is 1010. The van der Waals surface area contributed by atoms with E-state index in [2.05, 4.69) is 4.37 Å². The number of anilines is 1. The van der Waals surface area contributed by atoms with Gasteiger partial charge in [0.15, 0.2) is 4.88 Å². The van der Waals surface area contributed by atoms with E-state index in [1.165, 1.54) is 12.1 Å². The van der Waals surface area contributed by atoms with E-state index in [1.807, 2.05) is 6.92 Å². The molecule has 1 aromatic heterocycles. The second-order valence-corrected chi connectivity index (χ2v) is 6.67.